The zero-order valence-corrected chi connectivity index (χ0v) is 28.0. The SMILES string of the molecule is Clc1cc(-c2ccc3c(c2)C2(c4ccccc4Oc4ccccc42)c2ccccc2-3)cc(-c2nc(-c3ccccc3)nc(-c3ccccc3)n2)c1. The van der Waals surface area contributed by atoms with Crippen molar-refractivity contribution in [3.05, 3.63) is 197 Å². The summed E-state index contributed by atoms with van der Waals surface area (Å²) in [4.78, 5) is 14.8. The van der Waals surface area contributed by atoms with Gasteiger partial charge in [0.05, 0.1) is 5.41 Å². The molecule has 0 bridgehead atoms. The average Bonchev–Trinajstić information content (AvgIpc) is 3.48. The van der Waals surface area contributed by atoms with E-state index in [2.05, 4.69) is 84.9 Å². The summed E-state index contributed by atoms with van der Waals surface area (Å²) in [6, 6.07) is 58.5. The lowest BCUT2D eigenvalue weighted by Gasteiger charge is -2.39. The van der Waals surface area contributed by atoms with Crippen molar-refractivity contribution >= 4 is 11.6 Å². The predicted molar refractivity (Wildman–Crippen MR) is 204 cm³/mol. The van der Waals surface area contributed by atoms with Gasteiger partial charge in [0.15, 0.2) is 17.5 Å². The number of ether oxygens (including phenoxy) is 1. The maximum absolute atomic E-state index is 6.94. The van der Waals surface area contributed by atoms with Gasteiger partial charge in [-0.3, -0.25) is 0 Å². The van der Waals surface area contributed by atoms with Crippen molar-refractivity contribution in [1.29, 1.82) is 0 Å². The number of hydrogen-bond donors (Lipinski definition) is 0. The normalized spacial score (nSPS) is 13.1. The topological polar surface area (TPSA) is 47.9 Å². The molecular weight excluding hydrogens is 646 g/mol. The first-order chi connectivity index (χ1) is 25.2. The number of hydrogen-bond acceptors (Lipinski definition) is 4. The molecule has 10 rings (SSSR count). The van der Waals surface area contributed by atoms with E-state index in [0.29, 0.717) is 22.5 Å². The molecule has 51 heavy (non-hydrogen) atoms. The summed E-state index contributed by atoms with van der Waals surface area (Å²) >= 11 is 6.94. The summed E-state index contributed by atoms with van der Waals surface area (Å²) in [7, 11) is 0. The zero-order chi connectivity index (χ0) is 33.9. The van der Waals surface area contributed by atoms with Crippen molar-refractivity contribution in [3.63, 3.8) is 0 Å². The first-order valence-corrected chi connectivity index (χ1v) is 17.3. The molecule has 0 atom stereocenters. The third-order valence-electron chi connectivity index (χ3n) is 10.0. The number of fused-ring (bicyclic) bond motifs is 9. The molecule has 2 heterocycles. The van der Waals surface area contributed by atoms with Crippen LogP contribution in [0.5, 0.6) is 11.5 Å². The highest BCUT2D eigenvalue weighted by Gasteiger charge is 2.51. The second-order valence-corrected chi connectivity index (χ2v) is 13.4. The fourth-order valence-corrected chi connectivity index (χ4v) is 8.09. The Bertz CT molecular complexity index is 2530. The summed E-state index contributed by atoms with van der Waals surface area (Å²) in [5.41, 5.74) is 11.3. The van der Waals surface area contributed by atoms with Gasteiger partial charge in [-0.15, -0.1) is 0 Å². The van der Waals surface area contributed by atoms with Crippen LogP contribution in [-0.2, 0) is 5.41 Å². The van der Waals surface area contributed by atoms with Gasteiger partial charge in [0, 0.05) is 32.8 Å². The van der Waals surface area contributed by atoms with Crippen LogP contribution in [0.25, 0.3) is 56.4 Å². The Morgan fingerprint density at radius 2 is 0.863 bits per heavy atom. The van der Waals surface area contributed by atoms with Crippen LogP contribution in [0.3, 0.4) is 0 Å². The van der Waals surface area contributed by atoms with Crippen LogP contribution in [-0.4, -0.2) is 15.0 Å². The van der Waals surface area contributed by atoms with Gasteiger partial charge in [0.2, 0.25) is 0 Å². The fourth-order valence-electron chi connectivity index (χ4n) is 7.86. The third kappa shape index (κ3) is 4.64. The molecule has 0 amide bonds. The second kappa shape index (κ2) is 11.6. The van der Waals surface area contributed by atoms with Gasteiger partial charge in [-0.05, 0) is 69.8 Å². The van der Waals surface area contributed by atoms with Crippen LogP contribution in [0.15, 0.2) is 170 Å². The Hall–Kier alpha value is -6.36. The third-order valence-corrected chi connectivity index (χ3v) is 10.3. The van der Waals surface area contributed by atoms with Crippen molar-refractivity contribution in [1.82, 2.24) is 15.0 Å². The van der Waals surface area contributed by atoms with Crippen LogP contribution in [0.2, 0.25) is 5.02 Å². The molecular formula is C46H28ClN3O. The van der Waals surface area contributed by atoms with Crippen molar-refractivity contribution in [2.45, 2.75) is 5.41 Å². The Morgan fingerprint density at radius 1 is 0.373 bits per heavy atom. The molecule has 240 valence electrons. The Kier molecular flexibility index (Phi) is 6.73. The van der Waals surface area contributed by atoms with E-state index in [4.69, 9.17) is 31.3 Å². The number of aromatic nitrogens is 3. The summed E-state index contributed by atoms with van der Waals surface area (Å²) in [5.74, 6) is 3.51. The molecule has 0 saturated heterocycles. The van der Waals surface area contributed by atoms with E-state index >= 15 is 0 Å². The average molecular weight is 674 g/mol. The number of halogens is 1. The molecule has 1 aromatic heterocycles. The fraction of sp³-hybridized carbons (Fsp3) is 0.0217. The maximum atomic E-state index is 6.94. The molecule has 1 aliphatic heterocycles. The monoisotopic (exact) mass is 673 g/mol. The van der Waals surface area contributed by atoms with Crippen LogP contribution >= 0.6 is 11.6 Å². The molecule has 2 aliphatic rings. The van der Waals surface area contributed by atoms with Gasteiger partial charge < -0.3 is 4.74 Å². The van der Waals surface area contributed by atoms with Crippen molar-refractivity contribution in [2.75, 3.05) is 0 Å². The lowest BCUT2D eigenvalue weighted by Crippen LogP contribution is -2.32. The predicted octanol–water partition coefficient (Wildman–Crippen LogP) is 11.7. The first kappa shape index (κ1) is 29.5. The van der Waals surface area contributed by atoms with Gasteiger partial charge in [-0.25, -0.2) is 15.0 Å². The Labute approximate surface area is 300 Å². The zero-order valence-electron chi connectivity index (χ0n) is 27.3. The van der Waals surface area contributed by atoms with Gasteiger partial charge in [0.1, 0.15) is 11.5 Å². The molecule has 0 radical (unpaired) electrons. The second-order valence-electron chi connectivity index (χ2n) is 12.9. The summed E-state index contributed by atoms with van der Waals surface area (Å²) in [6.45, 7) is 0. The molecule has 5 heteroatoms. The molecule has 0 fully saturated rings. The van der Waals surface area contributed by atoms with Crippen LogP contribution in [0, 0.1) is 0 Å². The van der Waals surface area contributed by atoms with Gasteiger partial charge >= 0.3 is 0 Å². The van der Waals surface area contributed by atoms with Crippen molar-refractivity contribution < 1.29 is 4.74 Å². The molecule has 0 N–H and O–H groups in total. The summed E-state index contributed by atoms with van der Waals surface area (Å²) in [5, 5.41) is 0.602. The molecule has 0 unspecified atom stereocenters. The molecule has 8 aromatic rings. The standard InChI is InChI=1S/C46H28ClN3O/c47-34-26-32(25-33(27-34)45-49-43(29-13-3-1-4-14-29)48-44(50-45)30-15-5-2-6-16-30)31-23-24-36-35-17-7-8-18-37(35)46(40(36)28-31)38-19-9-11-21-41(38)51-42-22-12-10-20-39(42)46/h1-28H. The van der Waals surface area contributed by atoms with E-state index in [9.17, 15) is 0 Å². The molecule has 1 aliphatic carbocycles. The van der Waals surface area contributed by atoms with E-state index in [-0.39, 0.29) is 0 Å². The summed E-state index contributed by atoms with van der Waals surface area (Å²) < 4.78 is 6.54. The quantitative estimate of drug-likeness (QED) is 0.186. The van der Waals surface area contributed by atoms with Crippen molar-refractivity contribution in [3.8, 4) is 67.9 Å². The highest BCUT2D eigenvalue weighted by molar-refractivity contribution is 6.31. The molecule has 4 nitrogen and oxygen atoms in total. The minimum atomic E-state index is -0.557. The lowest BCUT2D eigenvalue weighted by molar-refractivity contribution is 0.436. The molecule has 1 spiro atoms. The lowest BCUT2D eigenvalue weighted by atomic mass is 9.66. The van der Waals surface area contributed by atoms with Gasteiger partial charge in [-0.1, -0.05) is 145 Å². The minimum absolute atomic E-state index is 0.557. The Morgan fingerprint density at radius 3 is 1.49 bits per heavy atom. The van der Waals surface area contributed by atoms with E-state index in [1.54, 1.807) is 0 Å². The number of nitrogens with zero attached hydrogens (tertiary/aromatic N) is 3. The van der Waals surface area contributed by atoms with E-state index in [0.717, 1.165) is 50.4 Å². The first-order valence-electron chi connectivity index (χ1n) is 17.0. The number of benzene rings is 7. The van der Waals surface area contributed by atoms with E-state index < -0.39 is 5.41 Å². The van der Waals surface area contributed by atoms with Crippen molar-refractivity contribution in [2.24, 2.45) is 0 Å². The smallest absolute Gasteiger partial charge is 0.164 e. The largest absolute Gasteiger partial charge is 0.457 e. The molecule has 0 saturated carbocycles. The van der Waals surface area contributed by atoms with Crippen LogP contribution in [0.4, 0.5) is 0 Å². The highest BCUT2D eigenvalue weighted by Crippen LogP contribution is 2.62. The van der Waals surface area contributed by atoms with E-state index in [1.807, 2.05) is 84.9 Å². The molecule has 7 aromatic carbocycles. The van der Waals surface area contributed by atoms with Crippen LogP contribution in [0.1, 0.15) is 22.3 Å². The Balaban J connectivity index is 1.18. The number of para-hydroxylation sites is 2. The van der Waals surface area contributed by atoms with Gasteiger partial charge in [0.25, 0.3) is 0 Å². The number of rotatable bonds is 4. The van der Waals surface area contributed by atoms with E-state index in [1.165, 1.54) is 22.3 Å². The van der Waals surface area contributed by atoms with Gasteiger partial charge in [-0.2, -0.15) is 0 Å². The van der Waals surface area contributed by atoms with Crippen LogP contribution < -0.4 is 4.74 Å². The highest BCUT2D eigenvalue weighted by atomic mass is 35.5. The maximum Gasteiger partial charge on any atom is 0.164 e. The minimum Gasteiger partial charge on any atom is -0.457 e. The summed E-state index contributed by atoms with van der Waals surface area (Å²) in [6.07, 6.45) is 0.